The van der Waals surface area contributed by atoms with Gasteiger partial charge in [-0.05, 0) is 37.1 Å². The first-order valence-electron chi connectivity index (χ1n) is 9.37. The third kappa shape index (κ3) is 4.67. The number of carbonyl (C=O) groups excluding carboxylic acids is 3. The number of piperazine rings is 1. The van der Waals surface area contributed by atoms with Crippen LogP contribution in [0.1, 0.15) is 25.3 Å². The zero-order valence-corrected chi connectivity index (χ0v) is 15.6. The SMILES string of the molecule is CCOC(=O)N1CCN(C(=O)/C=C/c2ccc(N3CCCC3=O)cc2)CC1. The summed E-state index contributed by atoms with van der Waals surface area (Å²) in [5, 5.41) is 0. The summed E-state index contributed by atoms with van der Waals surface area (Å²) in [6.07, 6.45) is 4.51. The molecule has 144 valence electrons. The fraction of sp³-hybridized carbons (Fsp3) is 0.450. The summed E-state index contributed by atoms with van der Waals surface area (Å²) < 4.78 is 4.98. The number of ether oxygens (including phenoxy) is 1. The van der Waals surface area contributed by atoms with Gasteiger partial charge >= 0.3 is 6.09 Å². The standard InChI is InChI=1S/C20H25N3O4/c1-2-27-20(26)22-14-12-21(13-15-22)18(24)10-7-16-5-8-17(9-6-16)23-11-3-4-19(23)25/h5-10H,2-4,11-15H2,1H3/b10-7+. The van der Waals surface area contributed by atoms with E-state index < -0.39 is 0 Å². The minimum atomic E-state index is -0.322. The summed E-state index contributed by atoms with van der Waals surface area (Å²) in [6.45, 7) is 4.86. The van der Waals surface area contributed by atoms with Crippen molar-refractivity contribution in [1.82, 2.24) is 9.80 Å². The molecule has 7 heteroatoms. The Labute approximate surface area is 159 Å². The molecular weight excluding hydrogens is 346 g/mol. The van der Waals surface area contributed by atoms with Crippen molar-refractivity contribution in [2.75, 3.05) is 44.2 Å². The van der Waals surface area contributed by atoms with Crippen LogP contribution in [0.15, 0.2) is 30.3 Å². The third-order valence-electron chi connectivity index (χ3n) is 4.81. The van der Waals surface area contributed by atoms with Gasteiger partial charge in [0.05, 0.1) is 6.61 Å². The highest BCUT2D eigenvalue weighted by atomic mass is 16.6. The average molecular weight is 371 g/mol. The molecule has 0 bridgehead atoms. The van der Waals surface area contributed by atoms with Crippen molar-refractivity contribution >= 4 is 29.7 Å². The molecule has 0 radical (unpaired) electrons. The minimum Gasteiger partial charge on any atom is -0.450 e. The monoisotopic (exact) mass is 371 g/mol. The van der Waals surface area contributed by atoms with E-state index >= 15 is 0 Å². The molecule has 7 nitrogen and oxygen atoms in total. The normalized spacial score (nSPS) is 17.7. The van der Waals surface area contributed by atoms with Crippen LogP contribution in [0.2, 0.25) is 0 Å². The average Bonchev–Trinajstić information content (AvgIpc) is 3.13. The Morgan fingerprint density at radius 1 is 1.04 bits per heavy atom. The molecule has 2 aliphatic rings. The topological polar surface area (TPSA) is 70.2 Å². The van der Waals surface area contributed by atoms with Crippen molar-refractivity contribution in [2.24, 2.45) is 0 Å². The second-order valence-corrected chi connectivity index (χ2v) is 6.59. The maximum atomic E-state index is 12.3. The molecule has 0 atom stereocenters. The van der Waals surface area contributed by atoms with Crippen molar-refractivity contribution in [2.45, 2.75) is 19.8 Å². The van der Waals surface area contributed by atoms with E-state index in [4.69, 9.17) is 4.74 Å². The number of rotatable bonds is 4. The lowest BCUT2D eigenvalue weighted by molar-refractivity contribution is -0.127. The van der Waals surface area contributed by atoms with Crippen LogP contribution in [-0.4, -0.2) is 67.0 Å². The fourth-order valence-electron chi connectivity index (χ4n) is 3.28. The zero-order chi connectivity index (χ0) is 19.2. The smallest absolute Gasteiger partial charge is 0.409 e. The molecule has 2 fully saturated rings. The molecule has 2 saturated heterocycles. The molecule has 2 aliphatic heterocycles. The number of nitrogens with zero attached hydrogens (tertiary/aromatic N) is 3. The molecule has 2 heterocycles. The number of hydrogen-bond acceptors (Lipinski definition) is 4. The molecular formula is C20H25N3O4. The Kier molecular flexibility index (Phi) is 6.11. The van der Waals surface area contributed by atoms with Crippen molar-refractivity contribution in [1.29, 1.82) is 0 Å². The summed E-state index contributed by atoms with van der Waals surface area (Å²) in [7, 11) is 0. The lowest BCUT2D eigenvalue weighted by Crippen LogP contribution is -2.50. The highest BCUT2D eigenvalue weighted by molar-refractivity contribution is 5.95. The Morgan fingerprint density at radius 2 is 1.70 bits per heavy atom. The molecule has 3 rings (SSSR count). The molecule has 0 spiro atoms. The number of amides is 3. The first-order chi connectivity index (χ1) is 13.1. The van der Waals surface area contributed by atoms with Gasteiger partial charge in [-0.3, -0.25) is 9.59 Å². The van der Waals surface area contributed by atoms with E-state index in [1.807, 2.05) is 24.3 Å². The van der Waals surface area contributed by atoms with Gasteiger partial charge in [-0.2, -0.15) is 0 Å². The summed E-state index contributed by atoms with van der Waals surface area (Å²) in [4.78, 5) is 41.0. The van der Waals surface area contributed by atoms with Crippen molar-refractivity contribution in [3.8, 4) is 0 Å². The molecule has 1 aromatic carbocycles. The minimum absolute atomic E-state index is 0.0719. The first-order valence-corrected chi connectivity index (χ1v) is 9.37. The van der Waals surface area contributed by atoms with Gasteiger partial charge in [0, 0.05) is 50.9 Å². The van der Waals surface area contributed by atoms with Gasteiger partial charge in [0.1, 0.15) is 0 Å². The number of hydrogen-bond donors (Lipinski definition) is 0. The molecule has 27 heavy (non-hydrogen) atoms. The summed E-state index contributed by atoms with van der Waals surface area (Å²) in [5.41, 5.74) is 1.81. The van der Waals surface area contributed by atoms with Crippen LogP contribution >= 0.6 is 0 Å². The largest absolute Gasteiger partial charge is 0.450 e. The highest BCUT2D eigenvalue weighted by Crippen LogP contribution is 2.22. The maximum Gasteiger partial charge on any atom is 0.409 e. The molecule has 3 amide bonds. The molecule has 0 unspecified atom stereocenters. The van der Waals surface area contributed by atoms with Gasteiger partial charge in [0.2, 0.25) is 11.8 Å². The van der Waals surface area contributed by atoms with E-state index in [0.717, 1.165) is 24.2 Å². The maximum absolute atomic E-state index is 12.3. The van der Waals surface area contributed by atoms with Crippen LogP contribution in [0, 0.1) is 0 Å². The van der Waals surface area contributed by atoms with E-state index in [9.17, 15) is 14.4 Å². The highest BCUT2D eigenvalue weighted by Gasteiger charge is 2.24. The molecule has 0 saturated carbocycles. The second kappa shape index (κ2) is 8.70. The third-order valence-corrected chi connectivity index (χ3v) is 4.81. The quantitative estimate of drug-likeness (QED) is 0.761. The van der Waals surface area contributed by atoms with E-state index in [1.54, 1.807) is 33.8 Å². The lowest BCUT2D eigenvalue weighted by atomic mass is 10.1. The van der Waals surface area contributed by atoms with E-state index in [0.29, 0.717) is 39.2 Å². The van der Waals surface area contributed by atoms with Crippen LogP contribution in [0.3, 0.4) is 0 Å². The summed E-state index contributed by atoms with van der Waals surface area (Å²) in [5.74, 6) is 0.0905. The molecule has 0 aliphatic carbocycles. The van der Waals surface area contributed by atoms with Crippen LogP contribution in [-0.2, 0) is 14.3 Å². The predicted molar refractivity (Wildman–Crippen MR) is 102 cm³/mol. The van der Waals surface area contributed by atoms with Crippen LogP contribution in [0.5, 0.6) is 0 Å². The van der Waals surface area contributed by atoms with Gasteiger partial charge < -0.3 is 19.4 Å². The summed E-state index contributed by atoms with van der Waals surface area (Å²) >= 11 is 0. The molecule has 0 N–H and O–H groups in total. The van der Waals surface area contributed by atoms with Crippen molar-refractivity contribution in [3.63, 3.8) is 0 Å². The number of benzene rings is 1. The van der Waals surface area contributed by atoms with Gasteiger partial charge in [0.15, 0.2) is 0 Å². The zero-order valence-electron chi connectivity index (χ0n) is 15.6. The number of carbonyl (C=O) groups is 3. The Morgan fingerprint density at radius 3 is 2.30 bits per heavy atom. The van der Waals surface area contributed by atoms with Crippen molar-refractivity contribution in [3.05, 3.63) is 35.9 Å². The second-order valence-electron chi connectivity index (χ2n) is 6.59. The lowest BCUT2D eigenvalue weighted by Gasteiger charge is -2.33. The van der Waals surface area contributed by atoms with E-state index in [2.05, 4.69) is 0 Å². The van der Waals surface area contributed by atoms with Gasteiger partial charge in [-0.15, -0.1) is 0 Å². The Bertz CT molecular complexity index is 721. The van der Waals surface area contributed by atoms with E-state index in [1.165, 1.54) is 0 Å². The van der Waals surface area contributed by atoms with Gasteiger partial charge in [0.25, 0.3) is 0 Å². The predicted octanol–water partition coefficient (Wildman–Crippen LogP) is 2.13. The van der Waals surface area contributed by atoms with Crippen molar-refractivity contribution < 1.29 is 19.1 Å². The van der Waals surface area contributed by atoms with Crippen LogP contribution < -0.4 is 4.90 Å². The van der Waals surface area contributed by atoms with E-state index in [-0.39, 0.29) is 17.9 Å². The van der Waals surface area contributed by atoms with Gasteiger partial charge in [-0.25, -0.2) is 4.79 Å². The summed E-state index contributed by atoms with van der Waals surface area (Å²) in [6, 6.07) is 7.63. The molecule has 1 aromatic rings. The fourth-order valence-corrected chi connectivity index (χ4v) is 3.28. The molecule has 0 aromatic heterocycles. The Balaban J connectivity index is 1.51. The van der Waals surface area contributed by atoms with Crippen LogP contribution in [0.4, 0.5) is 10.5 Å². The number of anilines is 1. The van der Waals surface area contributed by atoms with Gasteiger partial charge in [-0.1, -0.05) is 12.1 Å². The first kappa shape index (κ1) is 18.9. The Hall–Kier alpha value is -2.83. The van der Waals surface area contributed by atoms with Crippen LogP contribution in [0.25, 0.3) is 6.08 Å².